The van der Waals surface area contributed by atoms with Gasteiger partial charge in [0.1, 0.15) is 16.7 Å². The van der Waals surface area contributed by atoms with Crippen molar-refractivity contribution in [3.8, 4) is 22.3 Å². The number of benzene rings is 10. The molecule has 0 unspecified atom stereocenters. The van der Waals surface area contributed by atoms with E-state index >= 15 is 0 Å². The second-order valence-corrected chi connectivity index (χ2v) is 14.8. The molecule has 0 saturated carbocycles. The van der Waals surface area contributed by atoms with E-state index in [4.69, 9.17) is 8.83 Å². The molecular weight excluding hydrogens is 695 g/mol. The van der Waals surface area contributed by atoms with Gasteiger partial charge >= 0.3 is 0 Å². The summed E-state index contributed by atoms with van der Waals surface area (Å²) in [7, 11) is 0. The summed E-state index contributed by atoms with van der Waals surface area (Å²) in [5, 5.41) is 11.8. The molecule has 0 aliphatic rings. The lowest BCUT2D eigenvalue weighted by Gasteiger charge is -2.26. The van der Waals surface area contributed by atoms with Crippen LogP contribution in [0.15, 0.2) is 209 Å². The highest BCUT2D eigenvalue weighted by Crippen LogP contribution is 2.49. The van der Waals surface area contributed by atoms with Crippen molar-refractivity contribution in [2.24, 2.45) is 0 Å². The normalized spacial score (nSPS) is 11.9. The van der Waals surface area contributed by atoms with Gasteiger partial charge in [0.2, 0.25) is 0 Å². The molecule has 0 radical (unpaired) electrons. The molecule has 0 bridgehead atoms. The van der Waals surface area contributed by atoms with E-state index < -0.39 is 0 Å². The van der Waals surface area contributed by atoms with Crippen LogP contribution in [-0.2, 0) is 0 Å². The van der Waals surface area contributed by atoms with E-state index in [1.807, 2.05) is 18.2 Å². The standard InChI is InChI=1S/C54H33NO2/c1-3-13-34(14-4-1)35-23-26-38(27-24-35)55(37-15-5-2-6-16-37)47-30-29-39(52-53-50(57-54(47)52)32-31-49-51(53)45-21-11-12-22-48(45)56-49)36-25-28-44-42-19-8-7-17-40(42)41-18-9-10-20-43(41)46(44)33-36/h1-33H. The van der Waals surface area contributed by atoms with Gasteiger partial charge in [0, 0.05) is 32.9 Å². The first kappa shape index (κ1) is 31.7. The number of furan rings is 2. The third-order valence-corrected chi connectivity index (χ3v) is 11.6. The Morgan fingerprint density at radius 3 is 1.53 bits per heavy atom. The van der Waals surface area contributed by atoms with E-state index in [1.165, 1.54) is 43.4 Å². The molecule has 57 heavy (non-hydrogen) atoms. The first-order valence-electron chi connectivity index (χ1n) is 19.4. The Labute approximate surface area is 328 Å². The maximum Gasteiger partial charge on any atom is 0.160 e. The lowest BCUT2D eigenvalue weighted by Crippen LogP contribution is -2.10. The highest BCUT2D eigenvalue weighted by Gasteiger charge is 2.25. The predicted octanol–water partition coefficient (Wildman–Crippen LogP) is 15.7. The maximum absolute atomic E-state index is 7.12. The average Bonchev–Trinajstić information content (AvgIpc) is 3.87. The van der Waals surface area contributed by atoms with Crippen molar-refractivity contribution >= 4 is 93.3 Å². The Hall–Kier alpha value is -7.62. The van der Waals surface area contributed by atoms with Crippen molar-refractivity contribution in [2.75, 3.05) is 4.90 Å². The topological polar surface area (TPSA) is 29.5 Å². The van der Waals surface area contributed by atoms with Crippen molar-refractivity contribution in [1.82, 2.24) is 0 Å². The van der Waals surface area contributed by atoms with Gasteiger partial charge in [0.05, 0.1) is 5.69 Å². The van der Waals surface area contributed by atoms with Gasteiger partial charge in [-0.3, -0.25) is 0 Å². The number of nitrogens with zero attached hydrogens (tertiary/aromatic N) is 1. The van der Waals surface area contributed by atoms with Gasteiger partial charge in [-0.2, -0.15) is 0 Å². The third-order valence-electron chi connectivity index (χ3n) is 11.6. The predicted molar refractivity (Wildman–Crippen MR) is 239 cm³/mol. The van der Waals surface area contributed by atoms with Gasteiger partial charge in [0.25, 0.3) is 0 Å². The number of para-hydroxylation sites is 2. The minimum Gasteiger partial charge on any atom is -0.456 e. The van der Waals surface area contributed by atoms with Crippen LogP contribution < -0.4 is 4.90 Å². The Balaban J connectivity index is 1.17. The molecule has 12 rings (SSSR count). The molecule has 3 heteroatoms. The summed E-state index contributed by atoms with van der Waals surface area (Å²) in [5.74, 6) is 0. The summed E-state index contributed by atoms with van der Waals surface area (Å²) in [5.41, 5.74) is 11.0. The van der Waals surface area contributed by atoms with Gasteiger partial charge in [-0.25, -0.2) is 0 Å². The second-order valence-electron chi connectivity index (χ2n) is 14.8. The molecule has 2 aromatic heterocycles. The molecule has 0 N–H and O–H groups in total. The van der Waals surface area contributed by atoms with E-state index in [-0.39, 0.29) is 0 Å². The fourth-order valence-electron chi connectivity index (χ4n) is 9.09. The molecule has 3 nitrogen and oxygen atoms in total. The second kappa shape index (κ2) is 12.5. The molecule has 0 fully saturated rings. The van der Waals surface area contributed by atoms with Gasteiger partial charge < -0.3 is 13.7 Å². The minimum atomic E-state index is 0.819. The summed E-state index contributed by atoms with van der Waals surface area (Å²) in [4.78, 5) is 2.31. The number of hydrogen-bond donors (Lipinski definition) is 0. The van der Waals surface area contributed by atoms with Gasteiger partial charge in [-0.05, 0) is 109 Å². The van der Waals surface area contributed by atoms with E-state index in [2.05, 4.69) is 187 Å². The van der Waals surface area contributed by atoms with Crippen LogP contribution in [-0.4, -0.2) is 0 Å². The molecule has 2 heterocycles. The van der Waals surface area contributed by atoms with Crippen LogP contribution in [0.2, 0.25) is 0 Å². The fourth-order valence-corrected chi connectivity index (χ4v) is 9.09. The van der Waals surface area contributed by atoms with Crippen LogP contribution in [0.1, 0.15) is 0 Å². The molecule has 0 amide bonds. The smallest absolute Gasteiger partial charge is 0.160 e. The van der Waals surface area contributed by atoms with E-state index in [1.54, 1.807) is 0 Å². The van der Waals surface area contributed by atoms with E-state index in [0.29, 0.717) is 0 Å². The first-order valence-corrected chi connectivity index (χ1v) is 19.4. The summed E-state index contributed by atoms with van der Waals surface area (Å²) in [6.45, 7) is 0. The van der Waals surface area contributed by atoms with Crippen LogP contribution in [0, 0.1) is 0 Å². The van der Waals surface area contributed by atoms with Crippen LogP contribution in [0.5, 0.6) is 0 Å². The fraction of sp³-hybridized carbons (Fsp3) is 0. The van der Waals surface area contributed by atoms with Crippen LogP contribution in [0.25, 0.3) is 98.4 Å². The Morgan fingerprint density at radius 1 is 0.298 bits per heavy atom. The summed E-state index contributed by atoms with van der Waals surface area (Å²) in [6, 6.07) is 71.3. The molecule has 0 atom stereocenters. The molecule has 266 valence electrons. The maximum atomic E-state index is 7.12. The SMILES string of the molecule is c1ccc(-c2ccc(N(c3ccccc3)c3ccc(-c4ccc5c6ccccc6c6ccccc6c5c4)c4c3oc3ccc5oc6ccccc6c5c34)cc2)cc1. The van der Waals surface area contributed by atoms with Crippen LogP contribution in [0.3, 0.4) is 0 Å². The molecule has 0 spiro atoms. The van der Waals surface area contributed by atoms with Crippen LogP contribution in [0.4, 0.5) is 17.1 Å². The lowest BCUT2D eigenvalue weighted by atomic mass is 9.90. The Kier molecular flexibility index (Phi) is 6.93. The average molecular weight is 728 g/mol. The third kappa shape index (κ3) is 4.86. The lowest BCUT2D eigenvalue weighted by molar-refractivity contribution is 0.663. The number of anilines is 3. The highest BCUT2D eigenvalue weighted by atomic mass is 16.3. The number of rotatable bonds is 5. The van der Waals surface area contributed by atoms with Crippen LogP contribution >= 0.6 is 0 Å². The van der Waals surface area contributed by atoms with Crippen molar-refractivity contribution in [2.45, 2.75) is 0 Å². The van der Waals surface area contributed by atoms with Gasteiger partial charge in [-0.15, -0.1) is 0 Å². The molecule has 0 aliphatic heterocycles. The van der Waals surface area contributed by atoms with Crippen molar-refractivity contribution in [1.29, 1.82) is 0 Å². The molecule has 12 aromatic rings. The number of fused-ring (bicyclic) bond motifs is 13. The largest absolute Gasteiger partial charge is 0.456 e. The zero-order valence-electron chi connectivity index (χ0n) is 30.8. The number of hydrogen-bond acceptors (Lipinski definition) is 3. The molecule has 10 aromatic carbocycles. The molecule has 0 aliphatic carbocycles. The van der Waals surface area contributed by atoms with Crippen molar-refractivity contribution in [3.05, 3.63) is 200 Å². The van der Waals surface area contributed by atoms with E-state index in [0.717, 1.165) is 72.1 Å². The Morgan fingerprint density at radius 2 is 0.825 bits per heavy atom. The van der Waals surface area contributed by atoms with E-state index in [9.17, 15) is 0 Å². The molecule has 0 saturated heterocycles. The monoisotopic (exact) mass is 727 g/mol. The summed E-state index contributed by atoms with van der Waals surface area (Å²) < 4.78 is 13.6. The quantitative estimate of drug-likeness (QED) is 0.165. The first-order chi connectivity index (χ1) is 28.3. The van der Waals surface area contributed by atoms with Gasteiger partial charge in [0.15, 0.2) is 5.58 Å². The highest BCUT2D eigenvalue weighted by molar-refractivity contribution is 6.30. The minimum absolute atomic E-state index is 0.819. The Bertz CT molecular complexity index is 3470. The summed E-state index contributed by atoms with van der Waals surface area (Å²) >= 11 is 0. The van der Waals surface area contributed by atoms with Crippen molar-refractivity contribution in [3.63, 3.8) is 0 Å². The van der Waals surface area contributed by atoms with Crippen molar-refractivity contribution < 1.29 is 8.83 Å². The zero-order chi connectivity index (χ0) is 37.5. The molecular formula is C54H33NO2. The summed E-state index contributed by atoms with van der Waals surface area (Å²) in [6.07, 6.45) is 0. The van der Waals surface area contributed by atoms with Gasteiger partial charge in [-0.1, -0.05) is 146 Å². The zero-order valence-corrected chi connectivity index (χ0v) is 30.8.